The molecule has 3 atom stereocenters. The fourth-order valence-corrected chi connectivity index (χ4v) is 3.37. The third-order valence-electron chi connectivity index (χ3n) is 4.25. The maximum Gasteiger partial charge on any atom is 0.407 e. The summed E-state index contributed by atoms with van der Waals surface area (Å²) in [5.41, 5.74) is -0.424. The summed E-state index contributed by atoms with van der Waals surface area (Å²) in [6.45, 7) is 8.04. The van der Waals surface area contributed by atoms with Crippen LogP contribution in [-0.2, 0) is 4.74 Å². The molecule has 3 unspecified atom stereocenters. The summed E-state index contributed by atoms with van der Waals surface area (Å²) >= 11 is 0. The smallest absolute Gasteiger partial charge is 0.407 e. The second-order valence-electron chi connectivity index (χ2n) is 7.62. The molecule has 0 aromatic carbocycles. The highest BCUT2D eigenvalue weighted by Gasteiger charge is 2.29. The zero-order chi connectivity index (χ0) is 15.5. The number of carbonyl (C=O) groups excluding carboxylic acids is 1. The third-order valence-corrected chi connectivity index (χ3v) is 4.25. The summed E-state index contributed by atoms with van der Waals surface area (Å²) in [4.78, 5) is 14.2. The molecule has 1 amide bonds. The first-order valence-corrected chi connectivity index (χ1v) is 8.26. The van der Waals surface area contributed by atoms with Crippen molar-refractivity contribution in [2.75, 3.05) is 20.1 Å². The maximum atomic E-state index is 11.8. The molecule has 0 radical (unpaired) electrons. The van der Waals surface area contributed by atoms with Crippen molar-refractivity contribution < 1.29 is 9.53 Å². The third kappa shape index (κ3) is 5.83. The Bertz CT molecular complexity index is 354. The number of amides is 1. The second kappa shape index (κ2) is 6.97. The molecular formula is C16H31N3O2. The van der Waals surface area contributed by atoms with E-state index in [1.165, 1.54) is 19.4 Å². The molecular weight excluding hydrogens is 266 g/mol. The highest BCUT2D eigenvalue weighted by molar-refractivity contribution is 5.68. The number of rotatable bonds is 3. The van der Waals surface area contributed by atoms with Gasteiger partial charge in [-0.15, -0.1) is 0 Å². The summed E-state index contributed by atoms with van der Waals surface area (Å²) in [6, 6.07) is 1.38. The minimum Gasteiger partial charge on any atom is -0.444 e. The summed E-state index contributed by atoms with van der Waals surface area (Å²) < 4.78 is 5.32. The number of alkyl carbamates (subject to hydrolysis) is 1. The van der Waals surface area contributed by atoms with Crippen molar-refractivity contribution >= 4 is 6.09 Å². The lowest BCUT2D eigenvalue weighted by molar-refractivity contribution is 0.0505. The normalized spacial score (nSPS) is 31.1. The monoisotopic (exact) mass is 297 g/mol. The fraction of sp³-hybridized carbons (Fsp3) is 0.938. The number of carbonyl (C=O) groups is 1. The minimum absolute atomic E-state index is 0.249. The molecule has 0 aromatic heterocycles. The van der Waals surface area contributed by atoms with E-state index in [4.69, 9.17) is 4.74 Å². The molecule has 2 N–H and O–H groups in total. The molecule has 1 heterocycles. The van der Waals surface area contributed by atoms with E-state index in [0.29, 0.717) is 12.1 Å². The quantitative estimate of drug-likeness (QED) is 0.838. The van der Waals surface area contributed by atoms with Gasteiger partial charge in [-0.25, -0.2) is 4.79 Å². The van der Waals surface area contributed by atoms with Crippen LogP contribution in [0.2, 0.25) is 0 Å². The summed E-state index contributed by atoms with van der Waals surface area (Å²) in [7, 11) is 2.19. The predicted molar refractivity (Wildman–Crippen MR) is 84.5 cm³/mol. The number of hydrogen-bond donors (Lipinski definition) is 2. The Morgan fingerprint density at radius 2 is 1.86 bits per heavy atom. The summed E-state index contributed by atoms with van der Waals surface area (Å²) in [5.74, 6) is 0. The Morgan fingerprint density at radius 3 is 2.52 bits per heavy atom. The molecule has 1 saturated carbocycles. The first-order valence-electron chi connectivity index (χ1n) is 8.26. The van der Waals surface area contributed by atoms with E-state index in [1.807, 2.05) is 20.8 Å². The fourth-order valence-electron chi connectivity index (χ4n) is 3.37. The highest BCUT2D eigenvalue weighted by Crippen LogP contribution is 2.21. The molecule has 1 aliphatic heterocycles. The number of nitrogens with zero attached hydrogens (tertiary/aromatic N) is 1. The van der Waals surface area contributed by atoms with Crippen molar-refractivity contribution in [3.05, 3.63) is 0 Å². The van der Waals surface area contributed by atoms with Gasteiger partial charge >= 0.3 is 6.09 Å². The Hall–Kier alpha value is -0.810. The van der Waals surface area contributed by atoms with Crippen LogP contribution in [0.4, 0.5) is 4.79 Å². The van der Waals surface area contributed by atoms with Crippen molar-refractivity contribution in [1.29, 1.82) is 0 Å². The number of likely N-dealkylation sites (tertiary alicyclic amines) is 1. The van der Waals surface area contributed by atoms with Gasteiger partial charge in [0.1, 0.15) is 5.60 Å². The largest absolute Gasteiger partial charge is 0.444 e. The molecule has 1 aliphatic carbocycles. The molecule has 2 rings (SSSR count). The lowest BCUT2D eigenvalue weighted by atomic mass is 10.0. The van der Waals surface area contributed by atoms with Gasteiger partial charge in [-0.05, 0) is 66.5 Å². The van der Waals surface area contributed by atoms with Crippen molar-refractivity contribution in [1.82, 2.24) is 15.5 Å². The van der Waals surface area contributed by atoms with E-state index in [9.17, 15) is 4.79 Å². The molecule has 2 fully saturated rings. The zero-order valence-electron chi connectivity index (χ0n) is 13.9. The molecule has 2 aliphatic rings. The van der Waals surface area contributed by atoms with Crippen LogP contribution >= 0.6 is 0 Å². The van der Waals surface area contributed by atoms with Gasteiger partial charge in [0.25, 0.3) is 0 Å². The minimum atomic E-state index is -0.424. The second-order valence-corrected chi connectivity index (χ2v) is 7.62. The van der Waals surface area contributed by atoms with Crippen LogP contribution in [-0.4, -0.2) is 54.9 Å². The van der Waals surface area contributed by atoms with Crippen LogP contribution in [0.25, 0.3) is 0 Å². The van der Waals surface area contributed by atoms with Gasteiger partial charge in [0, 0.05) is 24.7 Å². The van der Waals surface area contributed by atoms with Gasteiger partial charge in [-0.3, -0.25) is 0 Å². The number of likely N-dealkylation sites (N-methyl/N-ethyl adjacent to an activating group) is 1. The van der Waals surface area contributed by atoms with E-state index in [2.05, 4.69) is 22.6 Å². The topological polar surface area (TPSA) is 53.6 Å². The van der Waals surface area contributed by atoms with Crippen molar-refractivity contribution in [2.24, 2.45) is 0 Å². The number of ether oxygens (including phenoxy) is 1. The van der Waals surface area contributed by atoms with Crippen molar-refractivity contribution in [2.45, 2.75) is 76.6 Å². The van der Waals surface area contributed by atoms with Crippen LogP contribution in [0, 0.1) is 0 Å². The zero-order valence-corrected chi connectivity index (χ0v) is 13.9. The predicted octanol–water partition coefficient (Wildman–Crippen LogP) is 2.12. The Labute approximate surface area is 128 Å². The van der Waals surface area contributed by atoms with E-state index in [1.54, 1.807) is 0 Å². The van der Waals surface area contributed by atoms with Gasteiger partial charge < -0.3 is 20.3 Å². The van der Waals surface area contributed by atoms with E-state index in [-0.39, 0.29) is 12.1 Å². The average Bonchev–Trinajstić information content (AvgIpc) is 2.73. The molecule has 0 aromatic rings. The Kier molecular flexibility index (Phi) is 5.49. The van der Waals surface area contributed by atoms with Crippen LogP contribution in [0.3, 0.4) is 0 Å². The van der Waals surface area contributed by atoms with Crippen LogP contribution in [0.15, 0.2) is 0 Å². The molecule has 5 heteroatoms. The first-order chi connectivity index (χ1) is 9.82. The Morgan fingerprint density at radius 1 is 1.14 bits per heavy atom. The Balaban J connectivity index is 1.69. The summed E-state index contributed by atoms with van der Waals surface area (Å²) in [6.07, 6.45) is 5.45. The van der Waals surface area contributed by atoms with E-state index >= 15 is 0 Å². The van der Waals surface area contributed by atoms with Crippen LogP contribution in [0.5, 0.6) is 0 Å². The molecule has 21 heavy (non-hydrogen) atoms. The van der Waals surface area contributed by atoms with Gasteiger partial charge in [-0.1, -0.05) is 0 Å². The molecule has 1 saturated heterocycles. The van der Waals surface area contributed by atoms with Crippen LogP contribution in [0.1, 0.15) is 52.9 Å². The highest BCUT2D eigenvalue weighted by atomic mass is 16.6. The molecule has 0 bridgehead atoms. The van der Waals surface area contributed by atoms with Gasteiger partial charge in [0.15, 0.2) is 0 Å². The summed E-state index contributed by atoms with van der Waals surface area (Å²) in [5, 5.41) is 6.77. The van der Waals surface area contributed by atoms with Gasteiger partial charge in [-0.2, -0.15) is 0 Å². The van der Waals surface area contributed by atoms with E-state index in [0.717, 1.165) is 25.8 Å². The van der Waals surface area contributed by atoms with Crippen molar-refractivity contribution in [3.8, 4) is 0 Å². The van der Waals surface area contributed by atoms with Crippen LogP contribution < -0.4 is 10.6 Å². The van der Waals surface area contributed by atoms with Crippen molar-refractivity contribution in [3.63, 3.8) is 0 Å². The molecule has 0 spiro atoms. The number of piperidine rings is 1. The SMILES string of the molecule is CN1CCCC(NC2CCC(NC(=O)OC(C)(C)C)C2)C1. The average molecular weight is 297 g/mol. The van der Waals surface area contributed by atoms with Gasteiger partial charge in [0.2, 0.25) is 0 Å². The van der Waals surface area contributed by atoms with Gasteiger partial charge in [0.05, 0.1) is 0 Å². The maximum absolute atomic E-state index is 11.8. The standard InChI is InChI=1S/C16H31N3O2/c1-16(2,3)21-15(20)18-13-8-7-12(10-13)17-14-6-5-9-19(4)11-14/h12-14,17H,5-11H2,1-4H3,(H,18,20). The lowest BCUT2D eigenvalue weighted by Gasteiger charge is -2.32. The lowest BCUT2D eigenvalue weighted by Crippen LogP contribution is -2.47. The number of hydrogen-bond acceptors (Lipinski definition) is 4. The number of nitrogens with one attached hydrogen (secondary N) is 2. The van der Waals surface area contributed by atoms with E-state index < -0.39 is 5.60 Å². The molecule has 122 valence electrons. The first kappa shape index (κ1) is 16.6. The molecule has 5 nitrogen and oxygen atoms in total.